The van der Waals surface area contributed by atoms with E-state index in [4.69, 9.17) is 14.6 Å². The molecule has 0 bridgehead atoms. The van der Waals surface area contributed by atoms with Crippen LogP contribution in [-0.4, -0.2) is 41.5 Å². The monoisotopic (exact) mass is 491 g/mol. The molecule has 0 spiro atoms. The van der Waals surface area contributed by atoms with Gasteiger partial charge >= 0.3 is 0 Å². The predicted molar refractivity (Wildman–Crippen MR) is 137 cm³/mol. The second-order valence-electron chi connectivity index (χ2n) is 9.34. The van der Waals surface area contributed by atoms with E-state index in [1.165, 1.54) is 24.8 Å². The highest BCUT2D eigenvalue weighted by Crippen LogP contribution is 2.34. The molecule has 8 nitrogen and oxygen atoms in total. The molecule has 2 aliphatic rings. The molecule has 190 valence electrons. The van der Waals surface area contributed by atoms with Gasteiger partial charge in [0.25, 0.3) is 5.91 Å². The van der Waals surface area contributed by atoms with Crippen LogP contribution in [0.15, 0.2) is 47.6 Å². The van der Waals surface area contributed by atoms with Crippen molar-refractivity contribution in [1.29, 1.82) is 0 Å². The van der Waals surface area contributed by atoms with E-state index in [1.807, 2.05) is 30.3 Å². The van der Waals surface area contributed by atoms with Crippen molar-refractivity contribution >= 4 is 29.0 Å². The first-order valence-corrected chi connectivity index (χ1v) is 12.5. The number of carbonyl (C=O) groups is 3. The maximum absolute atomic E-state index is 12.9. The van der Waals surface area contributed by atoms with Gasteiger partial charge in [-0.05, 0) is 68.0 Å². The number of benzene rings is 2. The van der Waals surface area contributed by atoms with Crippen molar-refractivity contribution in [2.45, 2.75) is 65.0 Å². The van der Waals surface area contributed by atoms with Crippen molar-refractivity contribution < 1.29 is 23.9 Å². The van der Waals surface area contributed by atoms with E-state index in [9.17, 15) is 14.4 Å². The number of amides is 2. The van der Waals surface area contributed by atoms with Crippen LogP contribution in [0.5, 0.6) is 11.5 Å². The number of ether oxygens (including phenoxy) is 2. The van der Waals surface area contributed by atoms with Crippen molar-refractivity contribution in [3.05, 3.63) is 53.6 Å². The van der Waals surface area contributed by atoms with Crippen LogP contribution in [0.3, 0.4) is 0 Å². The van der Waals surface area contributed by atoms with Gasteiger partial charge in [0.1, 0.15) is 0 Å². The smallest absolute Gasteiger partial charge is 0.291 e. The van der Waals surface area contributed by atoms with E-state index in [0.29, 0.717) is 30.2 Å². The molecular formula is C28H33N3O5. The quantitative estimate of drug-likeness (QED) is 0.513. The first kappa shape index (κ1) is 25.4. The number of hydrogen-bond acceptors (Lipinski definition) is 6. The van der Waals surface area contributed by atoms with Crippen LogP contribution in [0, 0.1) is 5.92 Å². The third kappa shape index (κ3) is 5.93. The first-order valence-electron chi connectivity index (χ1n) is 12.5. The number of nitrogens with zero attached hydrogens (tertiary/aromatic N) is 2. The average molecular weight is 492 g/mol. The summed E-state index contributed by atoms with van der Waals surface area (Å²) < 4.78 is 11.8. The lowest BCUT2D eigenvalue weighted by molar-refractivity contribution is -0.133. The number of carbonyl (C=O) groups excluding carboxylic acids is 3. The highest BCUT2D eigenvalue weighted by molar-refractivity contribution is 6.39. The van der Waals surface area contributed by atoms with Crippen molar-refractivity contribution in [3.8, 4) is 11.5 Å². The Bertz CT molecular complexity index is 1150. The lowest BCUT2D eigenvalue weighted by atomic mass is 9.89. The van der Waals surface area contributed by atoms with Gasteiger partial charge in [-0.1, -0.05) is 19.1 Å². The Balaban J connectivity index is 1.56. The van der Waals surface area contributed by atoms with Crippen LogP contribution in [0.4, 0.5) is 5.69 Å². The van der Waals surface area contributed by atoms with Gasteiger partial charge in [0.2, 0.25) is 11.7 Å². The van der Waals surface area contributed by atoms with E-state index < -0.39 is 11.7 Å². The normalized spacial score (nSPS) is 18.1. The number of nitrogens with one attached hydrogen (secondary N) is 1. The summed E-state index contributed by atoms with van der Waals surface area (Å²) in [6.07, 6.45) is 5.83. The lowest BCUT2D eigenvalue weighted by Gasteiger charge is -2.29. The van der Waals surface area contributed by atoms with Gasteiger partial charge in [-0.15, -0.1) is 0 Å². The van der Waals surface area contributed by atoms with Crippen LogP contribution < -0.4 is 14.8 Å². The maximum Gasteiger partial charge on any atom is 0.291 e. The molecular weight excluding hydrogens is 458 g/mol. The number of rotatable bonds is 9. The summed E-state index contributed by atoms with van der Waals surface area (Å²) in [6.45, 7) is 3.59. The molecule has 1 heterocycles. The minimum atomic E-state index is -0.662. The molecule has 8 heteroatoms. The van der Waals surface area contributed by atoms with Gasteiger partial charge in [-0.25, -0.2) is 5.01 Å². The highest BCUT2D eigenvalue weighted by atomic mass is 16.5. The van der Waals surface area contributed by atoms with Crippen LogP contribution in [-0.2, 0) is 20.9 Å². The minimum absolute atomic E-state index is 0.0191. The molecule has 2 aromatic carbocycles. The summed E-state index contributed by atoms with van der Waals surface area (Å²) in [5.74, 6) is 0.178. The molecule has 2 aromatic rings. The van der Waals surface area contributed by atoms with Crippen molar-refractivity contribution in [2.75, 3.05) is 12.4 Å². The van der Waals surface area contributed by atoms with Gasteiger partial charge in [0.05, 0.1) is 25.5 Å². The molecule has 1 saturated carbocycles. The van der Waals surface area contributed by atoms with Gasteiger partial charge in [0.15, 0.2) is 11.5 Å². The molecule has 1 atom stereocenters. The van der Waals surface area contributed by atoms with Crippen molar-refractivity contribution in [1.82, 2.24) is 5.01 Å². The second-order valence-corrected chi connectivity index (χ2v) is 9.34. The number of Topliss-reactive ketones (excluding diaryl/α,β-unsaturated/α-hetero) is 1. The number of hydrogen-bond donors (Lipinski definition) is 1. The highest BCUT2D eigenvalue weighted by Gasteiger charge is 2.30. The van der Waals surface area contributed by atoms with Crippen LogP contribution in [0.1, 0.15) is 63.5 Å². The molecule has 1 aliphatic heterocycles. The SMILES string of the molecule is CCC1CC(=O)N(Cc2ccc(NC(=O)C(C)=O)cc2)N=C1c1ccc(OC)c(OC2CCCC2)c1. The molecule has 2 amide bonds. The maximum atomic E-state index is 12.9. The molecule has 0 aromatic heterocycles. The standard InChI is InChI=1S/C28H33N3O5/c1-4-20-16-26(33)31(17-19-9-12-22(13-10-19)29-28(34)18(2)32)30-27(20)21-11-14-24(35-3)25(15-21)36-23-7-5-6-8-23/h9-15,20,23H,4-8,16-17H2,1-3H3,(H,29,34). The number of anilines is 1. The Hall–Kier alpha value is -3.68. The van der Waals surface area contributed by atoms with Crippen LogP contribution in [0.25, 0.3) is 0 Å². The van der Waals surface area contributed by atoms with Gasteiger partial charge < -0.3 is 14.8 Å². The fraction of sp³-hybridized carbons (Fsp3) is 0.429. The third-order valence-corrected chi connectivity index (χ3v) is 6.74. The van der Waals surface area contributed by atoms with Gasteiger partial charge in [-0.2, -0.15) is 5.10 Å². The van der Waals surface area contributed by atoms with E-state index in [-0.39, 0.29) is 17.9 Å². The second kappa shape index (κ2) is 11.4. The fourth-order valence-electron chi connectivity index (χ4n) is 4.63. The molecule has 4 rings (SSSR count). The van der Waals surface area contributed by atoms with Gasteiger partial charge in [0, 0.05) is 30.5 Å². The number of methoxy groups -OCH3 is 1. The van der Waals surface area contributed by atoms with E-state index >= 15 is 0 Å². The van der Waals surface area contributed by atoms with Crippen molar-refractivity contribution in [3.63, 3.8) is 0 Å². The summed E-state index contributed by atoms with van der Waals surface area (Å²) in [5, 5.41) is 8.84. The van der Waals surface area contributed by atoms with Crippen LogP contribution in [0.2, 0.25) is 0 Å². The zero-order valence-corrected chi connectivity index (χ0v) is 21.1. The third-order valence-electron chi connectivity index (χ3n) is 6.74. The summed E-state index contributed by atoms with van der Waals surface area (Å²) in [6, 6.07) is 12.9. The largest absolute Gasteiger partial charge is 0.493 e. The summed E-state index contributed by atoms with van der Waals surface area (Å²) in [5.41, 5.74) is 3.17. The molecule has 1 fully saturated rings. The van der Waals surface area contributed by atoms with E-state index in [2.05, 4.69) is 12.2 Å². The Morgan fingerprint density at radius 1 is 1.08 bits per heavy atom. The predicted octanol–water partition coefficient (Wildman–Crippen LogP) is 4.71. The topological polar surface area (TPSA) is 97.3 Å². The summed E-state index contributed by atoms with van der Waals surface area (Å²) in [7, 11) is 1.64. The molecule has 1 N–H and O–H groups in total. The Morgan fingerprint density at radius 3 is 2.44 bits per heavy atom. The van der Waals surface area contributed by atoms with Crippen molar-refractivity contribution in [2.24, 2.45) is 11.0 Å². The summed E-state index contributed by atoms with van der Waals surface area (Å²) in [4.78, 5) is 35.7. The molecule has 0 saturated heterocycles. The van der Waals surface area contributed by atoms with Gasteiger partial charge in [-0.3, -0.25) is 14.4 Å². The Labute approximate surface area is 211 Å². The lowest BCUT2D eigenvalue weighted by Crippen LogP contribution is -2.36. The zero-order valence-electron chi connectivity index (χ0n) is 21.1. The zero-order chi connectivity index (χ0) is 25.7. The minimum Gasteiger partial charge on any atom is -0.493 e. The average Bonchev–Trinajstić information content (AvgIpc) is 3.39. The molecule has 1 unspecified atom stereocenters. The van der Waals surface area contributed by atoms with E-state index in [1.54, 1.807) is 19.2 Å². The number of ketones is 1. The number of hydrazone groups is 1. The Morgan fingerprint density at radius 2 is 1.81 bits per heavy atom. The van der Waals surface area contributed by atoms with E-state index in [0.717, 1.165) is 36.1 Å². The Kier molecular flexibility index (Phi) is 8.03. The molecule has 0 radical (unpaired) electrons. The van der Waals surface area contributed by atoms with Crippen LogP contribution >= 0.6 is 0 Å². The summed E-state index contributed by atoms with van der Waals surface area (Å²) >= 11 is 0. The first-order chi connectivity index (χ1) is 17.4. The fourth-order valence-corrected chi connectivity index (χ4v) is 4.63. The molecule has 1 aliphatic carbocycles. The molecule has 36 heavy (non-hydrogen) atoms.